The number of halogens is 1. The molecule has 0 aromatic heterocycles. The Hall–Kier alpha value is -1.75. The molecule has 0 atom stereocenters. The largest absolute Gasteiger partial charge is 0.484 e. The van der Waals surface area contributed by atoms with Crippen LogP contribution in [0.1, 0.15) is 37.7 Å². The molecule has 0 heterocycles. The summed E-state index contributed by atoms with van der Waals surface area (Å²) in [7, 11) is 1.35. The van der Waals surface area contributed by atoms with Gasteiger partial charge in [0.05, 0.1) is 7.11 Å². The maximum atomic E-state index is 12.2. The van der Waals surface area contributed by atoms with Crippen LogP contribution in [0.4, 0.5) is 0 Å². The molecule has 2 rings (SSSR count). The van der Waals surface area contributed by atoms with Gasteiger partial charge in [-0.15, -0.1) is 0 Å². The Morgan fingerprint density at radius 1 is 1.26 bits per heavy atom. The zero-order valence-electron chi connectivity index (χ0n) is 13.5. The average Bonchev–Trinajstić information content (AvgIpc) is 2.54. The molecule has 0 spiro atoms. The number of hydrogen-bond acceptors (Lipinski definition) is 4. The summed E-state index contributed by atoms with van der Waals surface area (Å²) in [6.07, 6.45) is 4.06. The van der Waals surface area contributed by atoms with E-state index in [4.69, 9.17) is 21.1 Å². The number of nitrogens with one attached hydrogen (secondary N) is 1. The van der Waals surface area contributed by atoms with E-state index in [-0.39, 0.29) is 18.5 Å². The van der Waals surface area contributed by atoms with Crippen LogP contribution < -0.4 is 10.1 Å². The highest BCUT2D eigenvalue weighted by molar-refractivity contribution is 6.30. The van der Waals surface area contributed by atoms with Gasteiger partial charge in [0.2, 0.25) is 0 Å². The lowest BCUT2D eigenvalue weighted by Gasteiger charge is -2.35. The van der Waals surface area contributed by atoms with Crippen LogP contribution in [0.2, 0.25) is 5.02 Å². The van der Waals surface area contributed by atoms with Gasteiger partial charge in [-0.05, 0) is 43.5 Å². The Morgan fingerprint density at radius 2 is 1.96 bits per heavy atom. The van der Waals surface area contributed by atoms with Gasteiger partial charge in [0.15, 0.2) is 6.61 Å². The van der Waals surface area contributed by atoms with Crippen molar-refractivity contribution in [3.8, 4) is 5.75 Å². The maximum Gasteiger partial charge on any atom is 0.331 e. The molecule has 1 aliphatic carbocycles. The van der Waals surface area contributed by atoms with Crippen LogP contribution in [0.25, 0.3) is 0 Å². The lowest BCUT2D eigenvalue weighted by atomic mass is 9.81. The first-order valence-electron chi connectivity index (χ1n) is 7.75. The number of rotatable bonds is 5. The highest BCUT2D eigenvalue weighted by Gasteiger charge is 2.41. The van der Waals surface area contributed by atoms with Gasteiger partial charge in [-0.1, -0.05) is 30.9 Å². The molecule has 1 N–H and O–H groups in total. The Labute approximate surface area is 141 Å². The van der Waals surface area contributed by atoms with Crippen LogP contribution in [0, 0.1) is 6.92 Å². The standard InChI is InChI=1S/C17H22ClNO4/c1-12-10-13(18)6-7-14(12)23-11-15(20)19-17(16(21)22-2)8-4-3-5-9-17/h6-7,10H,3-5,8-9,11H2,1-2H3,(H,19,20). The van der Waals surface area contributed by atoms with Gasteiger partial charge in [-0.3, -0.25) is 4.79 Å². The molecule has 0 unspecified atom stereocenters. The van der Waals surface area contributed by atoms with E-state index in [1.807, 2.05) is 6.92 Å². The van der Waals surface area contributed by atoms with E-state index < -0.39 is 5.54 Å². The summed E-state index contributed by atoms with van der Waals surface area (Å²) in [4.78, 5) is 24.3. The summed E-state index contributed by atoms with van der Waals surface area (Å²) in [6, 6.07) is 5.20. The zero-order chi connectivity index (χ0) is 16.9. The van der Waals surface area contributed by atoms with Crippen molar-refractivity contribution in [1.29, 1.82) is 0 Å². The molecule has 0 radical (unpaired) electrons. The molecule has 23 heavy (non-hydrogen) atoms. The summed E-state index contributed by atoms with van der Waals surface area (Å²) < 4.78 is 10.4. The number of carbonyl (C=O) groups is 2. The SMILES string of the molecule is COC(=O)C1(NC(=O)COc2ccc(Cl)cc2C)CCCCC1. The minimum absolute atomic E-state index is 0.152. The molecule has 0 aliphatic heterocycles. The second-order valence-electron chi connectivity index (χ2n) is 5.88. The second-order valence-corrected chi connectivity index (χ2v) is 6.32. The summed E-state index contributed by atoms with van der Waals surface area (Å²) in [6.45, 7) is 1.71. The number of ether oxygens (including phenoxy) is 2. The first kappa shape index (κ1) is 17.6. The number of aryl methyl sites for hydroxylation is 1. The van der Waals surface area contributed by atoms with E-state index in [9.17, 15) is 9.59 Å². The molecule has 1 amide bonds. The molecule has 1 aromatic carbocycles. The molecular formula is C17H22ClNO4. The molecule has 1 saturated carbocycles. The summed E-state index contributed by atoms with van der Waals surface area (Å²) in [5.74, 6) is -0.111. The van der Waals surface area contributed by atoms with Crippen molar-refractivity contribution in [3.05, 3.63) is 28.8 Å². The number of amides is 1. The van der Waals surface area contributed by atoms with Gasteiger partial charge in [-0.25, -0.2) is 4.79 Å². The Kier molecular flexibility index (Phi) is 5.88. The van der Waals surface area contributed by atoms with E-state index >= 15 is 0 Å². The third-order valence-electron chi connectivity index (χ3n) is 4.16. The van der Waals surface area contributed by atoms with Crippen molar-refractivity contribution in [1.82, 2.24) is 5.32 Å². The minimum Gasteiger partial charge on any atom is -0.484 e. The summed E-state index contributed by atoms with van der Waals surface area (Å²) in [5.41, 5.74) is -0.0618. The fourth-order valence-electron chi connectivity index (χ4n) is 2.95. The van der Waals surface area contributed by atoms with Crippen molar-refractivity contribution >= 4 is 23.5 Å². The van der Waals surface area contributed by atoms with Crippen LogP contribution >= 0.6 is 11.6 Å². The van der Waals surface area contributed by atoms with Crippen LogP contribution in [0.5, 0.6) is 5.75 Å². The zero-order valence-corrected chi connectivity index (χ0v) is 14.2. The quantitative estimate of drug-likeness (QED) is 0.837. The normalized spacial score (nSPS) is 16.5. The first-order valence-corrected chi connectivity index (χ1v) is 8.13. The van der Waals surface area contributed by atoms with E-state index in [1.165, 1.54) is 7.11 Å². The minimum atomic E-state index is -0.914. The lowest BCUT2D eigenvalue weighted by Crippen LogP contribution is -2.57. The summed E-state index contributed by atoms with van der Waals surface area (Å²) in [5, 5.41) is 3.44. The van der Waals surface area contributed by atoms with Gasteiger partial charge in [0.1, 0.15) is 11.3 Å². The van der Waals surface area contributed by atoms with Crippen molar-refractivity contribution in [2.45, 2.75) is 44.6 Å². The number of benzene rings is 1. The second kappa shape index (κ2) is 7.68. The fourth-order valence-corrected chi connectivity index (χ4v) is 3.18. The number of hydrogen-bond donors (Lipinski definition) is 1. The van der Waals surface area contributed by atoms with Crippen molar-refractivity contribution in [3.63, 3.8) is 0 Å². The van der Waals surface area contributed by atoms with Gasteiger partial charge in [-0.2, -0.15) is 0 Å². The van der Waals surface area contributed by atoms with Gasteiger partial charge in [0, 0.05) is 5.02 Å². The lowest BCUT2D eigenvalue weighted by molar-refractivity contribution is -0.152. The smallest absolute Gasteiger partial charge is 0.331 e. The van der Waals surface area contributed by atoms with E-state index in [0.29, 0.717) is 23.6 Å². The molecule has 0 saturated heterocycles. The highest BCUT2D eigenvalue weighted by Crippen LogP contribution is 2.29. The van der Waals surface area contributed by atoms with Crippen LogP contribution in [-0.2, 0) is 14.3 Å². The number of carbonyl (C=O) groups excluding carboxylic acids is 2. The van der Waals surface area contributed by atoms with Gasteiger partial charge < -0.3 is 14.8 Å². The van der Waals surface area contributed by atoms with Crippen molar-refractivity contribution in [2.75, 3.05) is 13.7 Å². The third kappa shape index (κ3) is 4.38. The molecule has 1 aromatic rings. The van der Waals surface area contributed by atoms with E-state index in [1.54, 1.807) is 18.2 Å². The Balaban J connectivity index is 1.98. The number of methoxy groups -OCH3 is 1. The maximum absolute atomic E-state index is 12.2. The molecule has 1 fully saturated rings. The highest BCUT2D eigenvalue weighted by atomic mass is 35.5. The molecule has 0 bridgehead atoms. The molecule has 6 heteroatoms. The predicted octanol–water partition coefficient (Wildman–Crippen LogP) is 3.02. The monoisotopic (exact) mass is 339 g/mol. The first-order chi connectivity index (χ1) is 11.0. The van der Waals surface area contributed by atoms with E-state index in [2.05, 4.69) is 5.32 Å². The molecule has 5 nitrogen and oxygen atoms in total. The van der Waals surface area contributed by atoms with Crippen LogP contribution in [-0.4, -0.2) is 31.1 Å². The molecule has 1 aliphatic rings. The van der Waals surface area contributed by atoms with Crippen LogP contribution in [0.3, 0.4) is 0 Å². The van der Waals surface area contributed by atoms with Crippen LogP contribution in [0.15, 0.2) is 18.2 Å². The topological polar surface area (TPSA) is 64.6 Å². The van der Waals surface area contributed by atoms with E-state index in [0.717, 1.165) is 24.8 Å². The average molecular weight is 340 g/mol. The molecule has 126 valence electrons. The predicted molar refractivity (Wildman–Crippen MR) is 87.7 cm³/mol. The van der Waals surface area contributed by atoms with Gasteiger partial charge >= 0.3 is 5.97 Å². The molecular weight excluding hydrogens is 318 g/mol. The van der Waals surface area contributed by atoms with Crippen molar-refractivity contribution in [2.24, 2.45) is 0 Å². The third-order valence-corrected chi connectivity index (χ3v) is 4.39. The van der Waals surface area contributed by atoms with Gasteiger partial charge in [0.25, 0.3) is 5.91 Å². The fraction of sp³-hybridized carbons (Fsp3) is 0.529. The Morgan fingerprint density at radius 3 is 2.57 bits per heavy atom. The summed E-state index contributed by atoms with van der Waals surface area (Å²) >= 11 is 5.89. The number of esters is 1. The van der Waals surface area contributed by atoms with Crippen molar-refractivity contribution < 1.29 is 19.1 Å². The Bertz CT molecular complexity index is 582.